The van der Waals surface area contributed by atoms with E-state index in [9.17, 15) is 25.9 Å². The maximum absolute atomic E-state index is 11.5. The Hall–Kier alpha value is -0.260. The summed E-state index contributed by atoms with van der Waals surface area (Å²) in [6, 6.07) is 0. The van der Waals surface area contributed by atoms with Gasteiger partial charge in [-0.2, -0.15) is 16.8 Å². The van der Waals surface area contributed by atoms with Crippen LogP contribution in [0.3, 0.4) is 0 Å². The van der Waals surface area contributed by atoms with Crippen molar-refractivity contribution in [3.63, 3.8) is 0 Å². The molecule has 0 radical (unpaired) electrons. The maximum atomic E-state index is 11.5. The first-order valence-corrected chi connectivity index (χ1v) is 9.39. The lowest BCUT2D eigenvalue weighted by atomic mass is 10.1. The fourth-order valence-corrected chi connectivity index (χ4v) is 5.11. The first kappa shape index (κ1) is 17.8. The van der Waals surface area contributed by atoms with Crippen LogP contribution in [0.15, 0.2) is 0 Å². The van der Waals surface area contributed by atoms with Gasteiger partial charge in [0.1, 0.15) is 0 Å². The minimum Gasteiger partial charge on any atom is -0.314 e. The lowest BCUT2D eigenvalue weighted by Crippen LogP contribution is -2.50. The molecular formula is C10H22N2O6S2. The smallest absolute Gasteiger partial charge is 0.287 e. The van der Waals surface area contributed by atoms with E-state index in [4.69, 9.17) is 0 Å². The number of hydrogen-bond acceptors (Lipinski definition) is 6. The molecule has 3 N–H and O–H groups in total. The molecule has 0 aromatic heterocycles. The third-order valence-corrected chi connectivity index (χ3v) is 7.55. The van der Waals surface area contributed by atoms with Gasteiger partial charge in [-0.25, -0.2) is 0 Å². The standard InChI is InChI=1S/C10H22N2O6S2/c1-2-3-10(19(13,14)15,20(16,17)18)4-7-12-8-5-11-6-9-12/h11H,2-9H2,1H3,(H,13,14,15)(H,16,17,18). The first-order chi connectivity index (χ1) is 9.14. The summed E-state index contributed by atoms with van der Waals surface area (Å²) >= 11 is 0. The third-order valence-electron chi connectivity index (χ3n) is 3.59. The molecule has 20 heavy (non-hydrogen) atoms. The second-order valence-electron chi connectivity index (χ2n) is 4.95. The quantitative estimate of drug-likeness (QED) is 0.536. The summed E-state index contributed by atoms with van der Waals surface area (Å²) in [4.78, 5) is 1.90. The number of nitrogens with zero attached hydrogens (tertiary/aromatic N) is 1. The van der Waals surface area contributed by atoms with Crippen LogP contribution in [0, 0.1) is 0 Å². The summed E-state index contributed by atoms with van der Waals surface area (Å²) in [6.07, 6.45) is -0.476. The van der Waals surface area contributed by atoms with Crippen LogP contribution in [-0.2, 0) is 20.2 Å². The average Bonchev–Trinajstić information content (AvgIpc) is 2.32. The monoisotopic (exact) mass is 330 g/mol. The van der Waals surface area contributed by atoms with E-state index in [2.05, 4.69) is 5.32 Å². The fraction of sp³-hybridized carbons (Fsp3) is 1.00. The molecule has 0 saturated carbocycles. The highest BCUT2D eigenvalue weighted by molar-refractivity contribution is 8.05. The van der Waals surface area contributed by atoms with Gasteiger partial charge in [-0.15, -0.1) is 0 Å². The number of piperazine rings is 1. The molecule has 0 amide bonds. The SMILES string of the molecule is CCCC(CCN1CCNCC1)(S(=O)(=O)O)S(=O)(=O)O. The van der Waals surface area contributed by atoms with Crippen molar-refractivity contribution in [3.05, 3.63) is 0 Å². The molecular weight excluding hydrogens is 308 g/mol. The van der Waals surface area contributed by atoms with Gasteiger partial charge < -0.3 is 10.2 Å². The van der Waals surface area contributed by atoms with E-state index in [1.54, 1.807) is 6.92 Å². The molecule has 8 nitrogen and oxygen atoms in total. The number of nitrogens with one attached hydrogen (secondary N) is 1. The van der Waals surface area contributed by atoms with Crippen molar-refractivity contribution in [2.75, 3.05) is 32.7 Å². The summed E-state index contributed by atoms with van der Waals surface area (Å²) in [5, 5.41) is 3.12. The van der Waals surface area contributed by atoms with Crippen LogP contribution in [0.2, 0.25) is 0 Å². The molecule has 0 bridgehead atoms. The van der Waals surface area contributed by atoms with Gasteiger partial charge in [0.25, 0.3) is 20.2 Å². The second-order valence-corrected chi connectivity index (χ2v) is 8.67. The third kappa shape index (κ3) is 3.89. The highest BCUT2D eigenvalue weighted by Crippen LogP contribution is 2.32. The largest absolute Gasteiger partial charge is 0.314 e. The van der Waals surface area contributed by atoms with Crippen molar-refractivity contribution in [1.82, 2.24) is 10.2 Å². The fourth-order valence-electron chi connectivity index (χ4n) is 2.42. The summed E-state index contributed by atoms with van der Waals surface area (Å²) < 4.78 is 62.3. The Morgan fingerprint density at radius 2 is 1.55 bits per heavy atom. The van der Waals surface area contributed by atoms with E-state index in [1.165, 1.54) is 0 Å². The topological polar surface area (TPSA) is 124 Å². The Balaban J connectivity index is 2.98. The van der Waals surface area contributed by atoms with Gasteiger partial charge in [-0.1, -0.05) is 13.3 Å². The first-order valence-electron chi connectivity index (χ1n) is 6.51. The van der Waals surface area contributed by atoms with Crippen molar-refractivity contribution in [3.8, 4) is 0 Å². The van der Waals surface area contributed by atoms with Crippen LogP contribution in [0.25, 0.3) is 0 Å². The van der Waals surface area contributed by atoms with Gasteiger partial charge >= 0.3 is 0 Å². The van der Waals surface area contributed by atoms with E-state index in [1.807, 2.05) is 4.90 Å². The van der Waals surface area contributed by atoms with Gasteiger partial charge in [0.2, 0.25) is 4.08 Å². The molecule has 0 spiro atoms. The lowest BCUT2D eigenvalue weighted by molar-refractivity contribution is 0.230. The molecule has 1 aliphatic rings. The van der Waals surface area contributed by atoms with Gasteiger partial charge in [0.15, 0.2) is 0 Å². The molecule has 0 aromatic carbocycles. The average molecular weight is 330 g/mol. The predicted molar refractivity (Wildman–Crippen MR) is 74.7 cm³/mol. The van der Waals surface area contributed by atoms with Crippen LogP contribution >= 0.6 is 0 Å². The Morgan fingerprint density at radius 3 is 1.95 bits per heavy atom. The van der Waals surface area contributed by atoms with E-state index in [0.717, 1.165) is 13.1 Å². The Morgan fingerprint density at radius 1 is 1.05 bits per heavy atom. The zero-order valence-corrected chi connectivity index (χ0v) is 13.1. The van der Waals surface area contributed by atoms with Crippen molar-refractivity contribution in [2.45, 2.75) is 30.3 Å². The van der Waals surface area contributed by atoms with Crippen molar-refractivity contribution in [2.24, 2.45) is 0 Å². The van der Waals surface area contributed by atoms with E-state index in [0.29, 0.717) is 13.1 Å². The normalized spacial score (nSPS) is 19.1. The van der Waals surface area contributed by atoms with Crippen LogP contribution in [0.1, 0.15) is 26.2 Å². The Bertz CT molecular complexity index is 478. The minimum absolute atomic E-state index is 0.182. The van der Waals surface area contributed by atoms with Crippen LogP contribution in [-0.4, -0.2) is 67.6 Å². The number of rotatable bonds is 7. The van der Waals surface area contributed by atoms with E-state index in [-0.39, 0.29) is 25.8 Å². The predicted octanol–water partition coefficient (Wildman–Crippen LogP) is -0.446. The highest BCUT2D eigenvalue weighted by atomic mass is 32.3. The lowest BCUT2D eigenvalue weighted by Gasteiger charge is -2.32. The molecule has 1 saturated heterocycles. The van der Waals surface area contributed by atoms with Gasteiger partial charge in [-0.3, -0.25) is 9.11 Å². The van der Waals surface area contributed by atoms with Crippen molar-refractivity contribution in [1.29, 1.82) is 0 Å². The molecule has 0 aliphatic carbocycles. The molecule has 0 atom stereocenters. The summed E-state index contributed by atoms with van der Waals surface area (Å²) in [5.41, 5.74) is 0. The summed E-state index contributed by atoms with van der Waals surface area (Å²) in [6.45, 7) is 4.58. The highest BCUT2D eigenvalue weighted by Gasteiger charge is 2.53. The Labute approximate surface area is 120 Å². The molecule has 0 unspecified atom stereocenters. The van der Waals surface area contributed by atoms with E-state index < -0.39 is 24.3 Å². The second kappa shape index (κ2) is 6.67. The van der Waals surface area contributed by atoms with Crippen molar-refractivity contribution < 1.29 is 25.9 Å². The maximum Gasteiger partial charge on any atom is 0.287 e. The number of hydrogen-bond donors (Lipinski definition) is 3. The van der Waals surface area contributed by atoms with Crippen LogP contribution in [0.4, 0.5) is 0 Å². The zero-order valence-electron chi connectivity index (χ0n) is 11.4. The van der Waals surface area contributed by atoms with Crippen molar-refractivity contribution >= 4 is 20.2 Å². The molecule has 1 heterocycles. The van der Waals surface area contributed by atoms with E-state index >= 15 is 0 Å². The van der Waals surface area contributed by atoms with Gasteiger partial charge in [-0.05, 0) is 12.8 Å². The van der Waals surface area contributed by atoms with Gasteiger partial charge in [0.05, 0.1) is 0 Å². The molecule has 1 fully saturated rings. The Kier molecular flexibility index (Phi) is 5.93. The van der Waals surface area contributed by atoms with Crippen LogP contribution < -0.4 is 5.32 Å². The summed E-state index contributed by atoms with van der Waals surface area (Å²) in [5.74, 6) is 0. The molecule has 1 rings (SSSR count). The molecule has 0 aromatic rings. The van der Waals surface area contributed by atoms with Gasteiger partial charge in [0, 0.05) is 32.7 Å². The van der Waals surface area contributed by atoms with Crippen LogP contribution in [0.5, 0.6) is 0 Å². The zero-order chi connectivity index (χ0) is 15.4. The molecule has 10 heteroatoms. The molecule has 120 valence electrons. The molecule has 1 aliphatic heterocycles. The minimum atomic E-state index is -4.93. The summed E-state index contributed by atoms with van der Waals surface area (Å²) in [7, 11) is -9.85.